The van der Waals surface area contributed by atoms with Crippen LogP contribution < -0.4 is 26.2 Å². The maximum absolute atomic E-state index is 2.78. The fraction of sp³-hybridized carbons (Fsp3) is 0.0597. The fourth-order valence-electron chi connectivity index (χ4n) is 22.8. The topological polar surface area (TPSA) is 21.3 Å². The third-order valence-electron chi connectivity index (χ3n) is 29.5. The van der Waals surface area contributed by atoms with Crippen molar-refractivity contribution in [3.8, 4) is 128 Å². The number of hydrogen-bond donors (Lipinski definition) is 0. The zero-order valence-corrected chi connectivity index (χ0v) is 79.0. The molecule has 0 saturated carbocycles. The van der Waals surface area contributed by atoms with Gasteiger partial charge in [0.15, 0.2) is 0 Å². The van der Waals surface area contributed by atoms with Crippen LogP contribution in [0.3, 0.4) is 0 Å². The summed E-state index contributed by atoms with van der Waals surface area (Å²) >= 11 is 0. The lowest BCUT2D eigenvalue weighted by atomic mass is 9.33. The number of anilines is 6. The number of para-hydroxylation sites is 6. The molecule has 5 nitrogen and oxygen atoms in total. The summed E-state index contributed by atoms with van der Waals surface area (Å²) in [6.07, 6.45) is 0. The molecule has 0 fully saturated rings. The van der Waals surface area contributed by atoms with Gasteiger partial charge >= 0.3 is 0 Å². The van der Waals surface area contributed by atoms with Gasteiger partial charge in [-0.3, -0.25) is 0 Å². The minimum atomic E-state index is -0.505. The summed E-state index contributed by atoms with van der Waals surface area (Å²) in [7, 11) is 0. The first-order chi connectivity index (χ1) is 68.7. The molecular weight excluding hydrogens is 1690 g/mol. The highest BCUT2D eigenvalue weighted by molar-refractivity contribution is 7.00. The molecule has 6 heteroatoms. The van der Waals surface area contributed by atoms with Gasteiger partial charge in [0.25, 0.3) is 6.71 Å². The third-order valence-corrected chi connectivity index (χ3v) is 29.5. The summed E-state index contributed by atoms with van der Waals surface area (Å²) in [5, 5.41) is 7.14. The number of rotatable bonds is 15. The molecule has 0 saturated heterocycles. The lowest BCUT2D eigenvalue weighted by Gasteiger charge is -2.46. The largest absolute Gasteiger partial charge is 0.310 e. The molecule has 0 atom stereocenters. The molecule has 0 aliphatic carbocycles. The average molecular weight is 1790 g/mol. The van der Waals surface area contributed by atoms with Gasteiger partial charge in [-0.05, 0) is 213 Å². The Hall–Kier alpha value is -17.3. The van der Waals surface area contributed by atoms with Crippen LogP contribution in [0.15, 0.2) is 485 Å². The Morgan fingerprint density at radius 1 is 0.171 bits per heavy atom. The van der Waals surface area contributed by atoms with Gasteiger partial charge in [0, 0.05) is 88.4 Å². The molecule has 26 rings (SSSR count). The Balaban J connectivity index is 0.903. The molecule has 0 unspecified atom stereocenters. The Bertz CT molecular complexity index is 8240. The second kappa shape index (κ2) is 33.3. The minimum Gasteiger partial charge on any atom is -0.310 e. The number of fused-ring (bicyclic) bond motifs is 13. The van der Waals surface area contributed by atoms with Crippen molar-refractivity contribution < 1.29 is 0 Å². The molecular formula is C134H98BN5. The van der Waals surface area contributed by atoms with E-state index < -0.39 is 6.71 Å². The lowest BCUT2D eigenvalue weighted by molar-refractivity contribution is 0.590. The van der Waals surface area contributed by atoms with Crippen LogP contribution >= 0.6 is 0 Å². The maximum atomic E-state index is 2.78. The summed E-state index contributed by atoms with van der Waals surface area (Å²) in [6.45, 7) is 13.6. The maximum Gasteiger partial charge on any atom is 0.252 e. The predicted molar refractivity (Wildman–Crippen MR) is 595 cm³/mol. The van der Waals surface area contributed by atoms with Gasteiger partial charge in [-0.15, -0.1) is 0 Å². The zero-order chi connectivity index (χ0) is 93.6. The van der Waals surface area contributed by atoms with Crippen molar-refractivity contribution in [2.75, 3.05) is 9.80 Å². The number of benzene rings is 21. The molecule has 0 radical (unpaired) electrons. The highest BCUT2D eigenvalue weighted by Crippen LogP contribution is 2.57. The Kier molecular flexibility index (Phi) is 19.8. The van der Waals surface area contributed by atoms with Crippen LogP contribution in [0.5, 0.6) is 0 Å². The first-order valence-electron chi connectivity index (χ1n) is 49.0. The predicted octanol–water partition coefficient (Wildman–Crippen LogP) is 34.3. The average Bonchev–Trinajstić information content (AvgIpc) is 0.779. The summed E-state index contributed by atoms with van der Waals surface area (Å²) < 4.78 is 7.80. The van der Waals surface area contributed by atoms with E-state index in [1.807, 2.05) is 0 Å². The van der Waals surface area contributed by atoms with E-state index >= 15 is 0 Å². The zero-order valence-electron chi connectivity index (χ0n) is 79.0. The molecule has 3 aromatic heterocycles. The van der Waals surface area contributed by atoms with Crippen LogP contribution in [-0.4, -0.2) is 20.4 Å². The second-order valence-electron chi connectivity index (χ2n) is 39.8. The molecule has 24 aromatic rings. The van der Waals surface area contributed by atoms with Crippen molar-refractivity contribution >= 4 is 123 Å². The third kappa shape index (κ3) is 13.9. The number of nitrogens with zero attached hydrogens (tertiary/aromatic N) is 5. The van der Waals surface area contributed by atoms with Crippen molar-refractivity contribution in [3.05, 3.63) is 496 Å². The molecule has 0 amide bonds. The molecule has 0 bridgehead atoms. The van der Waals surface area contributed by atoms with E-state index in [9.17, 15) is 0 Å². The molecule has 2 aliphatic rings. The van der Waals surface area contributed by atoms with E-state index in [-0.39, 0.29) is 10.8 Å². The molecule has 662 valence electrons. The van der Waals surface area contributed by atoms with E-state index in [1.165, 1.54) is 43.4 Å². The molecule has 0 spiro atoms. The fourth-order valence-corrected chi connectivity index (χ4v) is 22.8. The Morgan fingerprint density at radius 3 is 0.729 bits per heavy atom. The van der Waals surface area contributed by atoms with Gasteiger partial charge in [0.1, 0.15) is 0 Å². The van der Waals surface area contributed by atoms with Gasteiger partial charge in [0.2, 0.25) is 0 Å². The van der Waals surface area contributed by atoms with Crippen molar-refractivity contribution in [2.24, 2.45) is 0 Å². The summed E-state index contributed by atoms with van der Waals surface area (Å²) in [6, 6.07) is 185. The van der Waals surface area contributed by atoms with Crippen molar-refractivity contribution in [1.82, 2.24) is 13.7 Å². The standard InChI is InChI=1S/C134H98BN5/c1-133(2,3)101-71-73-122-114(79-101)115-80-102(134(4,5)6)72-74-123(115)136(122)103-81-128-130-129(82-103)140(132-106(99-57-35-53-95(77-99)89-43-17-9-18-44-89)65-38-66-107(132)100-58-36-54-96(78-100)90-45-19-10-20-46-90)127-86-125(138-120-69-31-27-61-110(120)111-62-28-32-70-121(111)138)113(92-49-23-12-24-50-92)84-117(127)135(130)116-83-112(91-47-21-11-22-48-91)124(137-118-67-29-25-59-108(118)109-60-26-30-68-119(109)137)85-126(116)139(128)131-104(97-55-33-51-93(75-97)87-39-13-7-14-40-87)63-37-64-105(131)98-56-34-52-94(76-98)88-41-15-8-16-42-88/h7-86H,1-6H3. The summed E-state index contributed by atoms with van der Waals surface area (Å²) in [4.78, 5) is 5.57. The second-order valence-corrected chi connectivity index (χ2v) is 39.8. The van der Waals surface area contributed by atoms with Crippen LogP contribution in [0.1, 0.15) is 52.7 Å². The molecule has 21 aromatic carbocycles. The summed E-state index contributed by atoms with van der Waals surface area (Å²) in [5.74, 6) is 0. The highest BCUT2D eigenvalue weighted by atomic mass is 15.2. The van der Waals surface area contributed by atoms with E-state index in [4.69, 9.17) is 0 Å². The van der Waals surface area contributed by atoms with Crippen LogP contribution in [0.25, 0.3) is 194 Å². The Morgan fingerprint density at radius 2 is 0.429 bits per heavy atom. The highest BCUT2D eigenvalue weighted by Gasteiger charge is 2.48. The minimum absolute atomic E-state index is 0.174. The smallest absolute Gasteiger partial charge is 0.252 e. The van der Waals surface area contributed by atoms with Crippen LogP contribution in [0, 0.1) is 0 Å². The first kappa shape index (κ1) is 83.3. The monoisotopic (exact) mass is 1790 g/mol. The molecule has 5 heterocycles. The number of aromatic nitrogens is 3. The van der Waals surface area contributed by atoms with Crippen molar-refractivity contribution in [3.63, 3.8) is 0 Å². The van der Waals surface area contributed by atoms with Crippen molar-refractivity contribution in [2.45, 2.75) is 52.4 Å². The normalized spacial score (nSPS) is 12.5. The van der Waals surface area contributed by atoms with Crippen molar-refractivity contribution in [1.29, 1.82) is 0 Å². The van der Waals surface area contributed by atoms with Gasteiger partial charge in [-0.25, -0.2) is 0 Å². The number of hydrogen-bond acceptors (Lipinski definition) is 2. The SMILES string of the molecule is CC(C)(C)c1ccc2c(c1)c1cc(C(C)(C)C)ccc1n2-c1cc2c3c(c1)N(c1c(-c4cccc(-c5ccccc5)c4)cccc1-c1cccc(-c4ccccc4)c1)c1cc(-n4c5ccccc5c5ccccc54)c(-c4ccccc4)cc1B3c1cc(-c3ccccc3)c(-n3c4ccccc4c4ccccc43)cc1N2c1c(-c2cccc(-c3ccccc3)c2)cccc1-c1cccc(-c2ccccc2)c1. The summed E-state index contributed by atoms with van der Waals surface area (Å²) in [5.41, 5.74) is 43.8. The van der Waals surface area contributed by atoms with E-state index in [2.05, 4.69) is 550 Å². The first-order valence-corrected chi connectivity index (χ1v) is 49.0. The van der Waals surface area contributed by atoms with Gasteiger partial charge in [0.05, 0.1) is 61.5 Å². The van der Waals surface area contributed by atoms with Gasteiger partial charge in [-0.1, -0.05) is 430 Å². The van der Waals surface area contributed by atoms with Gasteiger partial charge < -0.3 is 23.5 Å². The van der Waals surface area contributed by atoms with Crippen LogP contribution in [0.2, 0.25) is 0 Å². The molecule has 0 N–H and O–H groups in total. The Labute approximate surface area is 817 Å². The van der Waals surface area contributed by atoms with E-state index in [0.717, 1.165) is 212 Å². The van der Waals surface area contributed by atoms with Gasteiger partial charge in [-0.2, -0.15) is 0 Å². The quantitative estimate of drug-likeness (QED) is 0.0954. The van der Waals surface area contributed by atoms with E-state index in [1.54, 1.807) is 0 Å². The molecule has 140 heavy (non-hydrogen) atoms. The van der Waals surface area contributed by atoms with E-state index in [0.29, 0.717) is 0 Å². The van der Waals surface area contributed by atoms with Crippen LogP contribution in [-0.2, 0) is 10.8 Å². The lowest BCUT2D eigenvalue weighted by Crippen LogP contribution is -2.61. The van der Waals surface area contributed by atoms with Crippen LogP contribution in [0.4, 0.5) is 34.1 Å². The molecule has 2 aliphatic heterocycles.